The van der Waals surface area contributed by atoms with Gasteiger partial charge in [-0.25, -0.2) is 37.9 Å². The summed E-state index contributed by atoms with van der Waals surface area (Å²) in [7, 11) is 0. The molecule has 8 aromatic carbocycles. The van der Waals surface area contributed by atoms with Gasteiger partial charge in [0.15, 0.2) is 0 Å². The van der Waals surface area contributed by atoms with Gasteiger partial charge in [0, 0.05) is 157 Å². The predicted octanol–water partition coefficient (Wildman–Crippen LogP) is 27.9. The first-order valence-corrected chi connectivity index (χ1v) is 41.9. The summed E-state index contributed by atoms with van der Waals surface area (Å²) >= 11 is 40.0. The van der Waals surface area contributed by atoms with E-state index in [0.29, 0.717) is 89.4 Å². The SMILES string of the molecule is O=C(Nc1cc(C(F)(F)F)cc(C(F)(F)F)c1)Nc1cc(-c2ccncc2)nn1-c1ccc(C(F)(F)F)cc1.O=C(Nc1cc(Cl)cc(C(F)(F)F)c1)Nc1cc(-c2cccnc2)nn1-c1ccc(Br)cc1.O=C(Nc1cc(Cl)cc(Cl)c1)Nc1cc(-c2cccnc2)nn1-c1ccc(Br)cc1.O=C(Nc1cc(Cl)cc(Cl)c1)Nc1cc(-c2ccncc2)nn1-c1ccc(Br)cc1. The maximum atomic E-state index is 13.1. The first-order chi connectivity index (χ1) is 62.7. The summed E-state index contributed by atoms with van der Waals surface area (Å²) in [6.45, 7) is 0. The molecule has 8 N–H and O–H groups in total. The molecule has 16 rings (SSSR count). The van der Waals surface area contributed by atoms with Crippen LogP contribution < -0.4 is 42.5 Å². The van der Waals surface area contributed by atoms with Gasteiger partial charge in [-0.15, -0.1) is 0 Å². The summed E-state index contributed by atoms with van der Waals surface area (Å²) < 4.78 is 166. The molecule has 8 amide bonds. The van der Waals surface area contributed by atoms with E-state index in [0.717, 1.165) is 82.6 Å². The van der Waals surface area contributed by atoms with Crippen molar-refractivity contribution in [2.45, 2.75) is 24.7 Å². The van der Waals surface area contributed by atoms with Gasteiger partial charge in [0.25, 0.3) is 0 Å². The van der Waals surface area contributed by atoms with Gasteiger partial charge >= 0.3 is 48.8 Å². The molecule has 0 spiro atoms. The molecule has 16 aromatic rings. The average Bonchev–Trinajstić information content (AvgIpc) is 1.64. The number of hydrogen-bond acceptors (Lipinski definition) is 12. The Kier molecular flexibility index (Phi) is 30.5. The van der Waals surface area contributed by atoms with Crippen LogP contribution in [0.4, 0.5) is 118 Å². The minimum atomic E-state index is -5.13. The third kappa shape index (κ3) is 26.3. The van der Waals surface area contributed by atoms with Crippen LogP contribution in [-0.4, -0.2) is 83.2 Å². The van der Waals surface area contributed by atoms with Crippen molar-refractivity contribution in [3.63, 3.8) is 0 Å². The molecule has 0 aliphatic heterocycles. The topological polar surface area (TPSA) is 287 Å². The number of hydrogen-bond donors (Lipinski definition) is 8. The van der Waals surface area contributed by atoms with E-state index in [9.17, 15) is 71.9 Å². The molecule has 0 aliphatic rings. The van der Waals surface area contributed by atoms with Crippen molar-refractivity contribution in [3.05, 3.63) is 353 Å². The van der Waals surface area contributed by atoms with Gasteiger partial charge < -0.3 is 21.3 Å². The van der Waals surface area contributed by atoms with E-state index in [1.165, 1.54) is 29.2 Å². The van der Waals surface area contributed by atoms with Crippen molar-refractivity contribution in [2.24, 2.45) is 0 Å². The van der Waals surface area contributed by atoms with E-state index in [1.54, 1.807) is 131 Å². The Labute approximate surface area is 789 Å². The molecule has 0 bridgehead atoms. The number of nitrogens with one attached hydrogen (secondary N) is 8. The molecule has 0 aliphatic carbocycles. The molecule has 8 heterocycles. The molecule has 0 saturated carbocycles. The van der Waals surface area contributed by atoms with E-state index in [1.807, 2.05) is 96.3 Å². The third-order valence-corrected chi connectivity index (χ3v) is 20.6. The Balaban J connectivity index is 0.000000150. The summed E-state index contributed by atoms with van der Waals surface area (Å²) in [5, 5.41) is 40.0. The number of nitrogens with zero attached hydrogens (tertiary/aromatic N) is 12. The zero-order valence-electron chi connectivity index (χ0n) is 66.3. The third-order valence-electron chi connectivity index (χ3n) is 17.9. The quantitative estimate of drug-likeness (QED) is 0.0419. The Morgan fingerprint density at radius 1 is 0.258 bits per heavy atom. The van der Waals surface area contributed by atoms with E-state index >= 15 is 0 Å². The Bertz CT molecular complexity index is 6530. The number of amides is 8. The zero-order valence-corrected chi connectivity index (χ0v) is 74.8. The molecular formula is C88H56Br3Cl5F12N20O4. The van der Waals surface area contributed by atoms with Gasteiger partial charge in [0.1, 0.15) is 23.3 Å². The summed E-state index contributed by atoms with van der Waals surface area (Å²) in [5.74, 6) is 1.13. The maximum Gasteiger partial charge on any atom is 0.416 e. The van der Waals surface area contributed by atoms with E-state index in [-0.39, 0.29) is 34.0 Å². The molecule has 132 heavy (non-hydrogen) atoms. The minimum absolute atomic E-state index is 0.0667. The second-order valence-electron chi connectivity index (χ2n) is 27.4. The first kappa shape index (κ1) is 95.9. The van der Waals surface area contributed by atoms with E-state index in [4.69, 9.17) is 58.0 Å². The lowest BCUT2D eigenvalue weighted by Gasteiger charge is -2.15. The summed E-state index contributed by atoms with van der Waals surface area (Å²) in [6.07, 6.45) is -6.58. The molecule has 0 fully saturated rings. The molecule has 0 unspecified atom stereocenters. The van der Waals surface area contributed by atoms with Crippen molar-refractivity contribution in [2.75, 3.05) is 42.5 Å². The lowest BCUT2D eigenvalue weighted by Crippen LogP contribution is -2.22. The number of aromatic nitrogens is 12. The summed E-state index contributed by atoms with van der Waals surface area (Å²) in [5.41, 5.74) is 2.23. The minimum Gasteiger partial charge on any atom is -0.308 e. The molecule has 8 aromatic heterocycles. The fraction of sp³-hybridized carbons (Fsp3) is 0.0455. The van der Waals surface area contributed by atoms with E-state index in [2.05, 4.69) is 125 Å². The molecule has 0 radical (unpaired) electrons. The first-order valence-electron chi connectivity index (χ1n) is 37.6. The highest BCUT2D eigenvalue weighted by Crippen LogP contribution is 2.41. The van der Waals surface area contributed by atoms with Crippen LogP contribution in [0.2, 0.25) is 25.1 Å². The number of carbonyl (C=O) groups excluding carboxylic acids is 4. The van der Waals surface area contributed by atoms with Crippen LogP contribution in [0.3, 0.4) is 0 Å². The lowest BCUT2D eigenvalue weighted by molar-refractivity contribution is -0.143. The number of alkyl halides is 12. The number of pyridine rings is 4. The Hall–Kier alpha value is -13.7. The average molecular weight is 2100 g/mol. The highest BCUT2D eigenvalue weighted by atomic mass is 79.9. The Morgan fingerprint density at radius 2 is 0.508 bits per heavy atom. The van der Waals surface area contributed by atoms with Gasteiger partial charge in [-0.05, 0) is 218 Å². The predicted molar refractivity (Wildman–Crippen MR) is 492 cm³/mol. The highest BCUT2D eigenvalue weighted by molar-refractivity contribution is 9.11. The smallest absolute Gasteiger partial charge is 0.308 e. The van der Waals surface area contributed by atoms with Crippen molar-refractivity contribution >= 4 is 176 Å². The van der Waals surface area contributed by atoms with Crippen LogP contribution in [0.25, 0.3) is 67.8 Å². The zero-order chi connectivity index (χ0) is 94.3. The van der Waals surface area contributed by atoms with Crippen molar-refractivity contribution < 1.29 is 71.9 Å². The Morgan fingerprint density at radius 3 is 0.780 bits per heavy atom. The number of anilines is 8. The lowest BCUT2D eigenvalue weighted by atomic mass is 10.1. The molecular weight excluding hydrogens is 2050 g/mol. The van der Waals surface area contributed by atoms with Gasteiger partial charge in [0.05, 0.1) is 67.8 Å². The molecule has 0 atom stereocenters. The van der Waals surface area contributed by atoms with Crippen LogP contribution in [0.1, 0.15) is 22.3 Å². The highest BCUT2D eigenvalue weighted by Gasteiger charge is 2.38. The van der Waals surface area contributed by atoms with Gasteiger partial charge in [0.2, 0.25) is 0 Å². The van der Waals surface area contributed by atoms with Crippen LogP contribution in [0.5, 0.6) is 0 Å². The monoisotopic (exact) mass is 2100 g/mol. The second-order valence-corrected chi connectivity index (χ2v) is 32.3. The summed E-state index contributed by atoms with van der Waals surface area (Å²) in [6, 6.07) is 56.8. The van der Waals surface area contributed by atoms with Crippen LogP contribution in [0.15, 0.2) is 306 Å². The molecule has 672 valence electrons. The molecule has 0 saturated heterocycles. The fourth-order valence-corrected chi connectivity index (χ4v) is 14.1. The van der Waals surface area contributed by atoms with Gasteiger partial charge in [-0.2, -0.15) is 73.1 Å². The molecule has 24 nitrogen and oxygen atoms in total. The number of benzene rings is 8. The largest absolute Gasteiger partial charge is 0.416 e. The van der Waals surface area contributed by atoms with Crippen molar-refractivity contribution in [1.82, 2.24) is 59.1 Å². The number of halogens is 20. The van der Waals surface area contributed by atoms with E-state index < -0.39 is 76.8 Å². The van der Waals surface area contributed by atoms with Crippen LogP contribution in [0, 0.1) is 0 Å². The number of carbonyl (C=O) groups is 4. The maximum absolute atomic E-state index is 13.1. The van der Waals surface area contributed by atoms with Gasteiger partial charge in [-0.3, -0.25) is 41.2 Å². The molecule has 44 heteroatoms. The van der Waals surface area contributed by atoms with Crippen molar-refractivity contribution in [1.29, 1.82) is 0 Å². The van der Waals surface area contributed by atoms with Gasteiger partial charge in [-0.1, -0.05) is 106 Å². The number of urea groups is 4. The van der Waals surface area contributed by atoms with Crippen LogP contribution in [-0.2, 0) is 24.7 Å². The fourth-order valence-electron chi connectivity index (χ4n) is 12.1. The summed E-state index contributed by atoms with van der Waals surface area (Å²) in [4.78, 5) is 66.6. The standard InChI is InChI=1S/C24H14F9N5O.C22H14BrClF3N5O.2C21H14BrCl2N5O/c25-22(26,27)14-1-3-18(4-2-14)38-20(12-19(37-38)13-5-7-34-8-6-13)36-21(39)35-17-10-15(23(28,29)30)9-16(11-17)24(31,32)33;23-15-3-5-18(6-4-15)32-20(11-19(31-32)13-2-1-7-28-12-13)30-21(33)29-17-9-14(22(25,26)27)8-16(24)10-17;22-14-1-3-18(4-2-14)29-20(12-19(28-29)13-5-7-25-8-6-13)27-21(30)26-17-10-15(23)9-16(24)11-17;22-14-3-5-18(6-4-14)29-20(11-19(28-29)13-2-1-7-25-12-13)27-21(30)26-17-9-15(23)8-16(24)10-17/h1-12H,(H2,35,36,39);1-12H,(H2,29,30,33);2*1-12H,(H2,26,27,30). The normalized spacial score (nSPS) is 11.3. The van der Waals surface area contributed by atoms with Crippen LogP contribution >= 0.6 is 106 Å². The van der Waals surface area contributed by atoms with Crippen molar-refractivity contribution in [3.8, 4) is 67.8 Å². The number of rotatable bonds is 16. The second kappa shape index (κ2) is 42.0.